The molecule has 1 aliphatic rings. The van der Waals surface area contributed by atoms with Crippen LogP contribution in [0.25, 0.3) is 11.0 Å². The van der Waals surface area contributed by atoms with Crippen molar-refractivity contribution in [3.63, 3.8) is 0 Å². The number of aromatic nitrogens is 2. The minimum Gasteiger partial charge on any atom is -0.343 e. The van der Waals surface area contributed by atoms with Crippen molar-refractivity contribution in [3.8, 4) is 0 Å². The normalized spacial score (nSPS) is 24.9. The quantitative estimate of drug-likeness (QED) is 0.766. The van der Waals surface area contributed by atoms with Crippen LogP contribution in [-0.2, 0) is 0 Å². The molecule has 1 fully saturated rings. The molecule has 1 saturated carbocycles. The van der Waals surface area contributed by atoms with E-state index in [1.54, 1.807) is 0 Å². The van der Waals surface area contributed by atoms with Gasteiger partial charge in [0.2, 0.25) is 0 Å². The van der Waals surface area contributed by atoms with Crippen LogP contribution in [-0.4, -0.2) is 34.6 Å². The maximum Gasteiger partial charge on any atom is 0.0880 e. The van der Waals surface area contributed by atoms with E-state index in [4.69, 9.17) is 0 Å². The zero-order chi connectivity index (χ0) is 11.1. The molecule has 2 aromatic rings. The predicted molar refractivity (Wildman–Crippen MR) is 65.5 cm³/mol. The Morgan fingerprint density at radius 3 is 2.88 bits per heavy atom. The largest absolute Gasteiger partial charge is 0.343 e. The number of hydrogen-bond acceptors (Lipinski definition) is 2. The molecule has 1 aliphatic carbocycles. The molecule has 0 atom stereocenters. The molecule has 3 rings (SSSR count). The van der Waals surface area contributed by atoms with Crippen molar-refractivity contribution < 1.29 is 0 Å². The van der Waals surface area contributed by atoms with Gasteiger partial charge in [-0.05, 0) is 45.1 Å². The highest BCUT2D eigenvalue weighted by atomic mass is 15.1. The van der Waals surface area contributed by atoms with Crippen LogP contribution in [0.4, 0.5) is 0 Å². The summed E-state index contributed by atoms with van der Waals surface area (Å²) in [5.41, 5.74) is 2.38. The molecule has 0 bridgehead atoms. The Labute approximate surface area is 95.7 Å². The first kappa shape index (κ1) is 9.85. The van der Waals surface area contributed by atoms with Crippen LogP contribution in [0, 0.1) is 0 Å². The van der Waals surface area contributed by atoms with Gasteiger partial charge in [-0.3, -0.25) is 4.98 Å². The van der Waals surface area contributed by atoms with E-state index >= 15 is 0 Å². The van der Waals surface area contributed by atoms with Gasteiger partial charge >= 0.3 is 0 Å². The third-order valence-corrected chi connectivity index (χ3v) is 3.70. The van der Waals surface area contributed by atoms with Crippen molar-refractivity contribution >= 4 is 11.0 Å². The highest BCUT2D eigenvalue weighted by molar-refractivity contribution is 5.75. The van der Waals surface area contributed by atoms with Gasteiger partial charge in [-0.15, -0.1) is 0 Å². The lowest BCUT2D eigenvalue weighted by Crippen LogP contribution is -2.41. The van der Waals surface area contributed by atoms with E-state index in [0.29, 0.717) is 6.04 Å². The molecule has 0 spiro atoms. The number of pyridine rings is 1. The molecule has 16 heavy (non-hydrogen) atoms. The molecule has 0 radical (unpaired) electrons. The first-order valence-corrected chi connectivity index (χ1v) is 5.83. The number of nitrogens with zero attached hydrogens (tertiary/aromatic N) is 3. The first-order chi connectivity index (χ1) is 7.75. The third kappa shape index (κ3) is 1.43. The van der Waals surface area contributed by atoms with Gasteiger partial charge in [-0.2, -0.15) is 0 Å². The molecule has 2 heterocycles. The predicted octanol–water partition coefficient (Wildman–Crippen LogP) is 2.30. The van der Waals surface area contributed by atoms with Gasteiger partial charge in [0.05, 0.1) is 11.0 Å². The first-order valence-electron chi connectivity index (χ1n) is 5.83. The van der Waals surface area contributed by atoms with Crippen LogP contribution in [0.15, 0.2) is 30.6 Å². The zero-order valence-corrected chi connectivity index (χ0v) is 9.80. The Kier molecular flexibility index (Phi) is 2.21. The van der Waals surface area contributed by atoms with Gasteiger partial charge in [0, 0.05) is 24.5 Å². The summed E-state index contributed by atoms with van der Waals surface area (Å²) >= 11 is 0. The monoisotopic (exact) mass is 215 g/mol. The summed E-state index contributed by atoms with van der Waals surface area (Å²) in [6.45, 7) is 0. The SMILES string of the molecule is CN(C)C1CC(n2ccc3ncccc32)C1. The van der Waals surface area contributed by atoms with E-state index in [2.05, 4.69) is 46.9 Å². The second-order valence-electron chi connectivity index (χ2n) is 4.87. The van der Waals surface area contributed by atoms with E-state index in [1.807, 2.05) is 12.3 Å². The smallest absolute Gasteiger partial charge is 0.0880 e. The van der Waals surface area contributed by atoms with Gasteiger partial charge in [0.15, 0.2) is 0 Å². The summed E-state index contributed by atoms with van der Waals surface area (Å²) in [7, 11) is 4.33. The summed E-state index contributed by atoms with van der Waals surface area (Å²) in [6, 6.07) is 7.69. The van der Waals surface area contributed by atoms with E-state index in [0.717, 1.165) is 11.6 Å². The summed E-state index contributed by atoms with van der Waals surface area (Å²) < 4.78 is 2.38. The van der Waals surface area contributed by atoms with Crippen molar-refractivity contribution in [2.24, 2.45) is 0 Å². The molecule has 0 N–H and O–H groups in total. The minimum atomic E-state index is 0.661. The van der Waals surface area contributed by atoms with E-state index in [-0.39, 0.29) is 0 Å². The fourth-order valence-electron chi connectivity index (χ4n) is 2.51. The highest BCUT2D eigenvalue weighted by Crippen LogP contribution is 2.36. The molecule has 0 aliphatic heterocycles. The van der Waals surface area contributed by atoms with Crippen molar-refractivity contribution in [1.29, 1.82) is 0 Å². The van der Waals surface area contributed by atoms with Gasteiger partial charge in [0.25, 0.3) is 0 Å². The Morgan fingerprint density at radius 2 is 2.12 bits per heavy atom. The minimum absolute atomic E-state index is 0.661. The second-order valence-corrected chi connectivity index (χ2v) is 4.87. The van der Waals surface area contributed by atoms with Crippen molar-refractivity contribution in [3.05, 3.63) is 30.6 Å². The molecule has 2 aromatic heterocycles. The number of rotatable bonds is 2. The second kappa shape index (κ2) is 3.59. The molecule has 0 saturated heterocycles. The zero-order valence-electron chi connectivity index (χ0n) is 9.80. The van der Waals surface area contributed by atoms with Crippen LogP contribution >= 0.6 is 0 Å². The molecule has 0 amide bonds. The van der Waals surface area contributed by atoms with Crippen LogP contribution in [0.2, 0.25) is 0 Å². The molecule has 0 aromatic carbocycles. The maximum absolute atomic E-state index is 4.37. The molecule has 3 heteroatoms. The third-order valence-electron chi connectivity index (χ3n) is 3.70. The Hall–Kier alpha value is -1.35. The van der Waals surface area contributed by atoms with Gasteiger partial charge < -0.3 is 9.47 Å². The van der Waals surface area contributed by atoms with Gasteiger partial charge in [-0.1, -0.05) is 0 Å². The average molecular weight is 215 g/mol. The topological polar surface area (TPSA) is 21.1 Å². The molecular formula is C13H17N3. The fraction of sp³-hybridized carbons (Fsp3) is 0.462. The number of hydrogen-bond donors (Lipinski definition) is 0. The molecular weight excluding hydrogens is 198 g/mol. The lowest BCUT2D eigenvalue weighted by molar-refractivity contribution is 0.132. The van der Waals surface area contributed by atoms with Crippen molar-refractivity contribution in [2.75, 3.05) is 14.1 Å². The van der Waals surface area contributed by atoms with Crippen molar-refractivity contribution in [1.82, 2.24) is 14.5 Å². The highest BCUT2D eigenvalue weighted by Gasteiger charge is 2.32. The Bertz CT molecular complexity index is 495. The van der Waals surface area contributed by atoms with Crippen LogP contribution < -0.4 is 0 Å². The maximum atomic E-state index is 4.37. The molecule has 84 valence electrons. The summed E-state index contributed by atoms with van der Waals surface area (Å²) in [4.78, 5) is 6.69. The molecule has 0 unspecified atom stereocenters. The lowest BCUT2D eigenvalue weighted by atomic mass is 9.85. The van der Waals surface area contributed by atoms with E-state index in [1.165, 1.54) is 18.4 Å². The van der Waals surface area contributed by atoms with Crippen LogP contribution in [0.3, 0.4) is 0 Å². The summed E-state index contributed by atoms with van der Waals surface area (Å²) in [6.07, 6.45) is 6.54. The number of fused-ring (bicyclic) bond motifs is 1. The van der Waals surface area contributed by atoms with Crippen LogP contribution in [0.1, 0.15) is 18.9 Å². The van der Waals surface area contributed by atoms with Gasteiger partial charge in [-0.25, -0.2) is 0 Å². The van der Waals surface area contributed by atoms with Crippen LogP contribution in [0.5, 0.6) is 0 Å². The molecule has 3 nitrogen and oxygen atoms in total. The van der Waals surface area contributed by atoms with E-state index in [9.17, 15) is 0 Å². The lowest BCUT2D eigenvalue weighted by Gasteiger charge is -2.40. The van der Waals surface area contributed by atoms with Gasteiger partial charge in [0.1, 0.15) is 0 Å². The average Bonchev–Trinajstić information content (AvgIpc) is 2.60. The Morgan fingerprint density at radius 1 is 1.31 bits per heavy atom. The Balaban J connectivity index is 1.86. The fourth-order valence-corrected chi connectivity index (χ4v) is 2.51. The standard InChI is InChI=1S/C13H17N3/c1-15(2)10-8-11(9-10)16-7-5-12-13(16)4-3-6-14-12/h3-7,10-11H,8-9H2,1-2H3. The summed E-state index contributed by atoms with van der Waals surface area (Å²) in [5, 5.41) is 0. The summed E-state index contributed by atoms with van der Waals surface area (Å²) in [5.74, 6) is 0. The van der Waals surface area contributed by atoms with E-state index < -0.39 is 0 Å². The van der Waals surface area contributed by atoms with Crippen molar-refractivity contribution in [2.45, 2.75) is 24.9 Å².